The summed E-state index contributed by atoms with van der Waals surface area (Å²) in [6.45, 7) is 1.96. The van der Waals surface area contributed by atoms with E-state index >= 15 is 0 Å². The molecule has 0 heterocycles. The molecule has 2 aromatic rings. The van der Waals surface area contributed by atoms with E-state index in [1.165, 1.54) is 24.3 Å². The summed E-state index contributed by atoms with van der Waals surface area (Å²) in [6.07, 6.45) is 0. The Balaban J connectivity index is 2.27. The van der Waals surface area contributed by atoms with Crippen molar-refractivity contribution < 1.29 is 9.25 Å². The van der Waals surface area contributed by atoms with Gasteiger partial charge < -0.3 is 5.21 Å². The first-order chi connectivity index (χ1) is 8.15. The molecule has 4 heteroatoms. The van der Waals surface area contributed by atoms with Crippen molar-refractivity contribution in [3.8, 4) is 0 Å². The van der Waals surface area contributed by atoms with Gasteiger partial charge in [-0.3, -0.25) is 0 Å². The average molecular weight is 230 g/mol. The summed E-state index contributed by atoms with van der Waals surface area (Å²) in [6, 6.07) is 12.5. The monoisotopic (exact) mass is 230 g/mol. The van der Waals surface area contributed by atoms with Crippen LogP contribution in [0.3, 0.4) is 0 Å². The fourth-order valence-corrected chi connectivity index (χ4v) is 1.34. The van der Waals surface area contributed by atoms with E-state index in [-0.39, 0.29) is 5.82 Å². The van der Waals surface area contributed by atoms with Gasteiger partial charge in [0.15, 0.2) is 0 Å². The molecule has 0 bridgehead atoms. The van der Waals surface area contributed by atoms with E-state index in [9.17, 15) is 9.60 Å². The third kappa shape index (κ3) is 2.87. The lowest BCUT2D eigenvalue weighted by Crippen LogP contribution is -1.90. The normalized spacial score (nSPS) is 11.5. The largest absolute Gasteiger partial charge is 0.594 e. The van der Waals surface area contributed by atoms with Crippen molar-refractivity contribution in [1.82, 2.24) is 0 Å². The fourth-order valence-electron chi connectivity index (χ4n) is 1.34. The van der Waals surface area contributed by atoms with Gasteiger partial charge in [-0.05, 0) is 31.2 Å². The molecule has 0 aliphatic rings. The highest BCUT2D eigenvalue weighted by molar-refractivity contribution is 5.37. The van der Waals surface area contributed by atoms with Crippen molar-refractivity contribution in [1.29, 1.82) is 0 Å². The molecule has 0 aromatic heterocycles. The summed E-state index contributed by atoms with van der Waals surface area (Å²) in [7, 11) is 0. The molecule has 0 N–H and O–H groups in total. The molecular weight excluding hydrogens is 219 g/mol. The van der Waals surface area contributed by atoms with E-state index in [0.29, 0.717) is 16.2 Å². The number of halogens is 1. The standard InChI is InChI=1S/C13H11FN2O/c1-10-2-6-12(7-3-10)15-16(17)13-8-4-11(14)5-9-13/h2-9H,1H3. The SMILES string of the molecule is Cc1ccc(N=[N+]([O-])c2ccc(F)cc2)cc1. The van der Waals surface area contributed by atoms with Gasteiger partial charge >= 0.3 is 0 Å². The Morgan fingerprint density at radius 2 is 1.59 bits per heavy atom. The van der Waals surface area contributed by atoms with E-state index in [4.69, 9.17) is 0 Å². The second-order valence-electron chi connectivity index (χ2n) is 3.68. The highest BCUT2D eigenvalue weighted by atomic mass is 19.1. The topological polar surface area (TPSA) is 38.4 Å². The van der Waals surface area contributed by atoms with E-state index in [2.05, 4.69) is 5.11 Å². The molecule has 0 aliphatic heterocycles. The van der Waals surface area contributed by atoms with Gasteiger partial charge in [0.1, 0.15) is 11.5 Å². The van der Waals surface area contributed by atoms with Gasteiger partial charge in [0.2, 0.25) is 5.69 Å². The van der Waals surface area contributed by atoms with Gasteiger partial charge in [-0.25, -0.2) is 4.39 Å². The van der Waals surface area contributed by atoms with Crippen LogP contribution in [0.5, 0.6) is 0 Å². The average Bonchev–Trinajstić information content (AvgIpc) is 2.33. The molecule has 0 fully saturated rings. The van der Waals surface area contributed by atoms with Crippen LogP contribution < -0.4 is 0 Å². The van der Waals surface area contributed by atoms with Crippen LogP contribution in [0.2, 0.25) is 0 Å². The van der Waals surface area contributed by atoms with E-state index < -0.39 is 0 Å². The summed E-state index contributed by atoms with van der Waals surface area (Å²) >= 11 is 0. The lowest BCUT2D eigenvalue weighted by molar-refractivity contribution is -0.435. The Morgan fingerprint density at radius 1 is 1.00 bits per heavy atom. The van der Waals surface area contributed by atoms with Crippen molar-refractivity contribution in [2.75, 3.05) is 0 Å². The smallest absolute Gasteiger partial charge is 0.245 e. The van der Waals surface area contributed by atoms with Crippen molar-refractivity contribution >= 4 is 11.4 Å². The molecule has 3 nitrogen and oxygen atoms in total. The highest BCUT2D eigenvalue weighted by Gasteiger charge is 2.03. The molecule has 0 saturated carbocycles. The van der Waals surface area contributed by atoms with Crippen LogP contribution in [-0.2, 0) is 0 Å². The molecule has 0 unspecified atom stereocenters. The minimum atomic E-state index is -0.377. The van der Waals surface area contributed by atoms with Crippen molar-refractivity contribution in [3.63, 3.8) is 0 Å². The van der Waals surface area contributed by atoms with Crippen LogP contribution in [0.4, 0.5) is 15.8 Å². The van der Waals surface area contributed by atoms with Gasteiger partial charge in [0.25, 0.3) is 0 Å². The van der Waals surface area contributed by atoms with Gasteiger partial charge in [-0.2, -0.15) is 0 Å². The zero-order valence-corrected chi connectivity index (χ0v) is 9.30. The highest BCUT2D eigenvalue weighted by Crippen LogP contribution is 2.18. The van der Waals surface area contributed by atoms with Gasteiger partial charge in [-0.15, -0.1) is 0 Å². The first kappa shape index (κ1) is 11.3. The van der Waals surface area contributed by atoms with E-state index in [1.807, 2.05) is 19.1 Å². The summed E-state index contributed by atoms with van der Waals surface area (Å²) in [4.78, 5) is 0.476. The van der Waals surface area contributed by atoms with E-state index in [1.54, 1.807) is 12.1 Å². The summed E-state index contributed by atoms with van der Waals surface area (Å²) < 4.78 is 12.7. The minimum absolute atomic E-state index is 0.298. The fraction of sp³-hybridized carbons (Fsp3) is 0.0769. The van der Waals surface area contributed by atoms with Crippen molar-refractivity contribution in [2.45, 2.75) is 6.92 Å². The maximum Gasteiger partial charge on any atom is 0.245 e. The summed E-state index contributed by atoms with van der Waals surface area (Å²) in [5.74, 6) is -0.377. The number of rotatable bonds is 2. The van der Waals surface area contributed by atoms with Crippen LogP contribution >= 0.6 is 0 Å². The Morgan fingerprint density at radius 3 is 2.18 bits per heavy atom. The van der Waals surface area contributed by atoms with Gasteiger partial charge in [0.05, 0.1) is 0 Å². The maximum atomic E-state index is 12.7. The number of aryl methyl sites for hydroxylation is 1. The van der Waals surface area contributed by atoms with Gasteiger partial charge in [-0.1, -0.05) is 22.6 Å². The van der Waals surface area contributed by atoms with Crippen molar-refractivity contribution in [3.05, 3.63) is 65.1 Å². The lowest BCUT2D eigenvalue weighted by Gasteiger charge is -1.99. The first-order valence-corrected chi connectivity index (χ1v) is 5.16. The molecule has 0 amide bonds. The predicted octanol–water partition coefficient (Wildman–Crippen LogP) is 4.06. The van der Waals surface area contributed by atoms with Crippen LogP contribution in [-0.4, -0.2) is 4.86 Å². The summed E-state index contributed by atoms with van der Waals surface area (Å²) in [5, 5.41) is 15.5. The lowest BCUT2D eigenvalue weighted by atomic mass is 10.2. The van der Waals surface area contributed by atoms with Crippen LogP contribution in [0.1, 0.15) is 5.56 Å². The van der Waals surface area contributed by atoms with Crippen LogP contribution in [0.25, 0.3) is 0 Å². The maximum absolute atomic E-state index is 12.7. The molecule has 0 radical (unpaired) electrons. The second kappa shape index (κ2) is 4.74. The first-order valence-electron chi connectivity index (χ1n) is 5.16. The molecule has 2 rings (SSSR count). The zero-order chi connectivity index (χ0) is 12.3. The Labute approximate surface area is 98.4 Å². The number of hydrogen-bond acceptors (Lipinski definition) is 2. The number of azo groups is 1. The third-order valence-electron chi connectivity index (χ3n) is 2.29. The third-order valence-corrected chi connectivity index (χ3v) is 2.29. The number of hydrogen-bond donors (Lipinski definition) is 0. The molecule has 17 heavy (non-hydrogen) atoms. The second-order valence-corrected chi connectivity index (χ2v) is 3.68. The molecule has 86 valence electrons. The minimum Gasteiger partial charge on any atom is -0.594 e. The van der Waals surface area contributed by atoms with Crippen molar-refractivity contribution in [2.24, 2.45) is 5.11 Å². The molecule has 0 spiro atoms. The van der Waals surface area contributed by atoms with Crippen LogP contribution in [0, 0.1) is 17.9 Å². The quantitative estimate of drug-likeness (QED) is 0.435. The van der Waals surface area contributed by atoms with Crippen LogP contribution in [0.15, 0.2) is 53.6 Å². The molecule has 0 aliphatic carbocycles. The van der Waals surface area contributed by atoms with Gasteiger partial charge in [0, 0.05) is 17.2 Å². The predicted molar refractivity (Wildman–Crippen MR) is 63.0 cm³/mol. The summed E-state index contributed by atoms with van der Waals surface area (Å²) in [5.41, 5.74) is 1.96. The Hall–Kier alpha value is -2.23. The Kier molecular flexibility index (Phi) is 3.14. The molecule has 2 aromatic carbocycles. The number of nitrogens with zero attached hydrogens (tertiary/aromatic N) is 2. The molecule has 0 saturated heterocycles. The molecule has 0 atom stereocenters. The Bertz CT molecular complexity index is 532. The number of benzene rings is 2. The zero-order valence-electron chi connectivity index (χ0n) is 9.30. The molecular formula is C13H11FN2O. The van der Waals surface area contributed by atoms with E-state index in [0.717, 1.165) is 5.56 Å².